The number of carbonyl (C=O) groups is 2. The number of ether oxygens (including phenoxy) is 2. The quantitative estimate of drug-likeness (QED) is 0.294. The van der Waals surface area contributed by atoms with Gasteiger partial charge in [-0.25, -0.2) is 0 Å². The van der Waals surface area contributed by atoms with Crippen LogP contribution in [0.2, 0.25) is 5.02 Å². The number of hydrogen-bond donors (Lipinski definition) is 1. The summed E-state index contributed by atoms with van der Waals surface area (Å²) in [7, 11) is 3.03. The van der Waals surface area contributed by atoms with Crippen molar-refractivity contribution in [3.8, 4) is 11.5 Å². The standard InChI is InChI=1S/C27H24ClNO5/c1-15-8-10-21(16(2)12-15)29-24(17-6-5-7-19(13-17)33-3)23(26(31)27(29)32)25(30)18-9-11-22(34-4)20(28)14-18/h5-14,24,30H,1-4H3/b25-23+. The number of aliphatic hydroxyl groups excluding tert-OH is 1. The Morgan fingerprint density at radius 3 is 2.38 bits per heavy atom. The van der Waals surface area contributed by atoms with Crippen LogP contribution in [0.4, 0.5) is 5.69 Å². The second kappa shape index (κ2) is 9.23. The number of amides is 1. The van der Waals surface area contributed by atoms with Crippen LogP contribution in [-0.4, -0.2) is 31.0 Å². The first kappa shape index (κ1) is 23.4. The number of anilines is 1. The summed E-state index contributed by atoms with van der Waals surface area (Å²) < 4.78 is 10.6. The molecule has 1 aliphatic rings. The molecule has 7 heteroatoms. The zero-order chi connectivity index (χ0) is 24.6. The number of benzene rings is 3. The van der Waals surface area contributed by atoms with E-state index in [0.717, 1.165) is 11.1 Å². The molecular weight excluding hydrogens is 454 g/mol. The van der Waals surface area contributed by atoms with Crippen LogP contribution in [-0.2, 0) is 9.59 Å². The second-order valence-corrected chi connectivity index (χ2v) is 8.49. The van der Waals surface area contributed by atoms with Crippen LogP contribution in [0.25, 0.3) is 5.76 Å². The summed E-state index contributed by atoms with van der Waals surface area (Å²) in [4.78, 5) is 28.1. The average Bonchev–Trinajstić information content (AvgIpc) is 3.09. The number of carbonyl (C=O) groups excluding carboxylic acids is 2. The van der Waals surface area contributed by atoms with Crippen molar-refractivity contribution in [2.24, 2.45) is 0 Å². The lowest BCUT2D eigenvalue weighted by molar-refractivity contribution is -0.132. The minimum atomic E-state index is -0.864. The number of aliphatic hydroxyl groups is 1. The zero-order valence-electron chi connectivity index (χ0n) is 19.3. The summed E-state index contributed by atoms with van der Waals surface area (Å²) in [6.07, 6.45) is 0. The first-order valence-corrected chi connectivity index (χ1v) is 11.0. The van der Waals surface area contributed by atoms with Gasteiger partial charge in [0.15, 0.2) is 0 Å². The average molecular weight is 478 g/mol. The number of aryl methyl sites for hydroxylation is 2. The van der Waals surface area contributed by atoms with Gasteiger partial charge < -0.3 is 14.6 Å². The summed E-state index contributed by atoms with van der Waals surface area (Å²) in [6.45, 7) is 3.84. The van der Waals surface area contributed by atoms with Crippen LogP contribution in [0.3, 0.4) is 0 Å². The van der Waals surface area contributed by atoms with Crippen LogP contribution in [0.1, 0.15) is 28.3 Å². The van der Waals surface area contributed by atoms with Gasteiger partial charge in [0.05, 0.1) is 30.9 Å². The van der Waals surface area contributed by atoms with Gasteiger partial charge in [0.1, 0.15) is 17.3 Å². The summed E-state index contributed by atoms with van der Waals surface area (Å²) >= 11 is 6.26. The molecule has 174 valence electrons. The molecule has 1 unspecified atom stereocenters. The summed E-state index contributed by atoms with van der Waals surface area (Å²) in [6, 6.07) is 16.6. The van der Waals surface area contributed by atoms with Gasteiger partial charge in [-0.3, -0.25) is 14.5 Å². The molecule has 1 aliphatic heterocycles. The molecule has 0 aromatic heterocycles. The third kappa shape index (κ3) is 4.01. The van der Waals surface area contributed by atoms with Crippen LogP contribution >= 0.6 is 11.6 Å². The van der Waals surface area contributed by atoms with Crippen LogP contribution in [0.15, 0.2) is 66.2 Å². The van der Waals surface area contributed by atoms with Crippen molar-refractivity contribution in [1.29, 1.82) is 0 Å². The molecule has 3 aromatic rings. The van der Waals surface area contributed by atoms with Crippen molar-refractivity contribution in [2.45, 2.75) is 19.9 Å². The van der Waals surface area contributed by atoms with E-state index < -0.39 is 17.7 Å². The molecule has 0 radical (unpaired) electrons. The highest BCUT2D eigenvalue weighted by Crippen LogP contribution is 2.44. The van der Waals surface area contributed by atoms with E-state index in [1.54, 1.807) is 43.5 Å². The maximum Gasteiger partial charge on any atom is 0.300 e. The number of methoxy groups -OCH3 is 2. The van der Waals surface area contributed by atoms with Gasteiger partial charge >= 0.3 is 0 Å². The SMILES string of the molecule is COc1cccc(C2/C(=C(\O)c3ccc(OC)c(Cl)c3)C(=O)C(=O)N2c2ccc(C)cc2C)c1. The largest absolute Gasteiger partial charge is 0.507 e. The first-order valence-electron chi connectivity index (χ1n) is 10.6. The van der Waals surface area contributed by atoms with Gasteiger partial charge in [0, 0.05) is 11.3 Å². The van der Waals surface area contributed by atoms with E-state index in [1.165, 1.54) is 18.1 Å². The van der Waals surface area contributed by atoms with Crippen LogP contribution in [0, 0.1) is 13.8 Å². The minimum absolute atomic E-state index is 0.0283. The Balaban J connectivity index is 1.97. The van der Waals surface area contributed by atoms with Crippen molar-refractivity contribution in [2.75, 3.05) is 19.1 Å². The molecule has 0 saturated carbocycles. The van der Waals surface area contributed by atoms with Crippen molar-refractivity contribution < 1.29 is 24.2 Å². The second-order valence-electron chi connectivity index (χ2n) is 8.08. The molecule has 4 rings (SSSR count). The molecule has 3 aromatic carbocycles. The third-order valence-electron chi connectivity index (χ3n) is 5.89. The predicted octanol–water partition coefficient (Wildman–Crippen LogP) is 5.60. The van der Waals surface area contributed by atoms with Gasteiger partial charge in [0.2, 0.25) is 0 Å². The first-order chi connectivity index (χ1) is 16.3. The molecule has 0 spiro atoms. The van der Waals surface area contributed by atoms with E-state index in [-0.39, 0.29) is 16.4 Å². The fourth-order valence-electron chi connectivity index (χ4n) is 4.25. The number of nitrogens with zero attached hydrogens (tertiary/aromatic N) is 1. The lowest BCUT2D eigenvalue weighted by atomic mass is 9.94. The molecular formula is C27H24ClNO5. The fourth-order valence-corrected chi connectivity index (χ4v) is 4.51. The monoisotopic (exact) mass is 477 g/mol. The van der Waals surface area contributed by atoms with Gasteiger partial charge in [-0.05, 0) is 61.4 Å². The van der Waals surface area contributed by atoms with E-state index in [0.29, 0.717) is 28.3 Å². The maximum absolute atomic E-state index is 13.3. The van der Waals surface area contributed by atoms with Crippen molar-refractivity contribution in [1.82, 2.24) is 0 Å². The molecule has 0 aliphatic carbocycles. The molecule has 1 atom stereocenters. The molecule has 1 fully saturated rings. The van der Waals surface area contributed by atoms with Gasteiger partial charge in [-0.2, -0.15) is 0 Å². The number of Topliss-reactive ketones (excluding diaryl/α,β-unsaturated/α-hetero) is 1. The summed E-state index contributed by atoms with van der Waals surface area (Å²) in [5.41, 5.74) is 3.36. The predicted molar refractivity (Wildman–Crippen MR) is 132 cm³/mol. The number of halogens is 1. The van der Waals surface area contributed by atoms with E-state index in [4.69, 9.17) is 21.1 Å². The Morgan fingerprint density at radius 2 is 1.74 bits per heavy atom. The highest BCUT2D eigenvalue weighted by Gasteiger charge is 2.47. The van der Waals surface area contributed by atoms with E-state index >= 15 is 0 Å². The topological polar surface area (TPSA) is 76.1 Å². The Kier molecular flexibility index (Phi) is 6.35. The molecule has 0 bridgehead atoms. The minimum Gasteiger partial charge on any atom is -0.507 e. The summed E-state index contributed by atoms with van der Waals surface area (Å²) in [5, 5.41) is 11.6. The zero-order valence-corrected chi connectivity index (χ0v) is 20.0. The molecule has 34 heavy (non-hydrogen) atoms. The van der Waals surface area contributed by atoms with Crippen molar-refractivity contribution in [3.63, 3.8) is 0 Å². The number of rotatable bonds is 5. The Labute approximate surface area is 203 Å². The molecule has 1 N–H and O–H groups in total. The number of hydrogen-bond acceptors (Lipinski definition) is 5. The van der Waals surface area contributed by atoms with Crippen molar-refractivity contribution in [3.05, 3.63) is 93.5 Å². The Bertz CT molecular complexity index is 1330. The molecule has 1 heterocycles. The Hall–Kier alpha value is -3.77. The van der Waals surface area contributed by atoms with Crippen molar-refractivity contribution >= 4 is 34.7 Å². The van der Waals surface area contributed by atoms with Gasteiger partial charge in [-0.1, -0.05) is 41.4 Å². The molecule has 6 nitrogen and oxygen atoms in total. The fraction of sp³-hybridized carbons (Fsp3) is 0.185. The highest BCUT2D eigenvalue weighted by atomic mass is 35.5. The van der Waals surface area contributed by atoms with Crippen LogP contribution < -0.4 is 14.4 Å². The lowest BCUT2D eigenvalue weighted by Gasteiger charge is -2.27. The lowest BCUT2D eigenvalue weighted by Crippen LogP contribution is -2.30. The van der Waals surface area contributed by atoms with E-state index in [1.807, 2.05) is 32.0 Å². The molecule has 1 saturated heterocycles. The van der Waals surface area contributed by atoms with Crippen LogP contribution in [0.5, 0.6) is 11.5 Å². The highest BCUT2D eigenvalue weighted by molar-refractivity contribution is 6.51. The van der Waals surface area contributed by atoms with E-state index in [2.05, 4.69) is 0 Å². The Morgan fingerprint density at radius 1 is 0.971 bits per heavy atom. The smallest absolute Gasteiger partial charge is 0.300 e. The third-order valence-corrected chi connectivity index (χ3v) is 6.19. The number of ketones is 1. The van der Waals surface area contributed by atoms with E-state index in [9.17, 15) is 14.7 Å². The maximum atomic E-state index is 13.3. The van der Waals surface area contributed by atoms with Gasteiger partial charge in [0.25, 0.3) is 11.7 Å². The van der Waals surface area contributed by atoms with Gasteiger partial charge in [-0.15, -0.1) is 0 Å². The summed E-state index contributed by atoms with van der Waals surface area (Å²) in [5.74, 6) is -0.823. The normalized spacial score (nSPS) is 17.2. The molecule has 1 amide bonds.